The summed E-state index contributed by atoms with van der Waals surface area (Å²) >= 11 is 0. The third-order valence-corrected chi connectivity index (χ3v) is 4.57. The van der Waals surface area contributed by atoms with Gasteiger partial charge >= 0.3 is 5.97 Å². The van der Waals surface area contributed by atoms with E-state index in [9.17, 15) is 9.59 Å². The zero-order chi connectivity index (χ0) is 21.0. The summed E-state index contributed by atoms with van der Waals surface area (Å²) in [6.07, 6.45) is 0.0795. The lowest BCUT2D eigenvalue weighted by atomic mass is 10.1. The number of carboxylic acid groups (broad SMARTS) is 1. The van der Waals surface area contributed by atoms with E-state index in [1.807, 2.05) is 32.9 Å². The standard InChI is InChI=1S/C23H25NO5/c1-15(2)28-11-12-29-19-9-7-17(8-10-19)23(27)24-16(3)13-20-18(14-22(25)26)5-4-6-21(20)24/h4-10,13,15H,11-12,14H2,1-3H3,(H,25,26). The number of carboxylic acids is 1. The van der Waals surface area contributed by atoms with Crippen LogP contribution in [0.2, 0.25) is 0 Å². The van der Waals surface area contributed by atoms with Crippen LogP contribution in [0, 0.1) is 6.92 Å². The Hall–Kier alpha value is -3.12. The number of rotatable bonds is 8. The Labute approximate surface area is 169 Å². The van der Waals surface area contributed by atoms with Crippen molar-refractivity contribution in [1.82, 2.24) is 4.57 Å². The van der Waals surface area contributed by atoms with E-state index in [4.69, 9.17) is 14.6 Å². The molecule has 0 radical (unpaired) electrons. The van der Waals surface area contributed by atoms with E-state index in [1.54, 1.807) is 41.0 Å². The highest BCUT2D eigenvalue weighted by Crippen LogP contribution is 2.25. The lowest BCUT2D eigenvalue weighted by molar-refractivity contribution is -0.136. The molecule has 152 valence electrons. The topological polar surface area (TPSA) is 77.8 Å². The molecule has 1 heterocycles. The van der Waals surface area contributed by atoms with Crippen LogP contribution in [0.5, 0.6) is 5.75 Å². The molecular formula is C23H25NO5. The van der Waals surface area contributed by atoms with Crippen LogP contribution < -0.4 is 4.74 Å². The molecule has 0 fully saturated rings. The molecule has 3 rings (SSSR count). The van der Waals surface area contributed by atoms with Crippen molar-refractivity contribution in [3.8, 4) is 5.75 Å². The van der Waals surface area contributed by atoms with Gasteiger partial charge in [-0.1, -0.05) is 12.1 Å². The minimum Gasteiger partial charge on any atom is -0.491 e. The van der Waals surface area contributed by atoms with Crippen molar-refractivity contribution in [2.75, 3.05) is 13.2 Å². The largest absolute Gasteiger partial charge is 0.491 e. The van der Waals surface area contributed by atoms with Crippen LogP contribution in [-0.2, 0) is 16.0 Å². The lowest BCUT2D eigenvalue weighted by Gasteiger charge is -2.11. The number of aromatic nitrogens is 1. The predicted molar refractivity (Wildman–Crippen MR) is 111 cm³/mol. The molecule has 0 aliphatic heterocycles. The lowest BCUT2D eigenvalue weighted by Crippen LogP contribution is -2.14. The SMILES string of the molecule is Cc1cc2c(CC(=O)O)cccc2n1C(=O)c1ccc(OCCOC(C)C)cc1. The van der Waals surface area contributed by atoms with Crippen molar-refractivity contribution in [3.63, 3.8) is 0 Å². The number of carbonyl (C=O) groups is 2. The van der Waals surface area contributed by atoms with E-state index in [0.717, 1.165) is 11.1 Å². The van der Waals surface area contributed by atoms with E-state index < -0.39 is 5.97 Å². The molecule has 29 heavy (non-hydrogen) atoms. The second kappa shape index (κ2) is 8.92. The van der Waals surface area contributed by atoms with Gasteiger partial charge in [-0.15, -0.1) is 0 Å². The Balaban J connectivity index is 1.80. The molecule has 3 aromatic rings. The fourth-order valence-corrected chi connectivity index (χ4v) is 3.28. The first-order valence-corrected chi connectivity index (χ1v) is 9.57. The van der Waals surface area contributed by atoms with Gasteiger partial charge in [-0.25, -0.2) is 0 Å². The van der Waals surface area contributed by atoms with Gasteiger partial charge in [0.05, 0.1) is 24.6 Å². The number of hydrogen-bond acceptors (Lipinski definition) is 4. The molecule has 0 aliphatic carbocycles. The van der Waals surface area contributed by atoms with Crippen molar-refractivity contribution in [1.29, 1.82) is 0 Å². The van der Waals surface area contributed by atoms with Crippen LogP contribution in [0.25, 0.3) is 10.9 Å². The molecular weight excluding hydrogens is 370 g/mol. The van der Waals surface area contributed by atoms with Crippen molar-refractivity contribution in [2.24, 2.45) is 0 Å². The minimum absolute atomic E-state index is 0.0818. The van der Waals surface area contributed by atoms with Crippen LogP contribution in [0.3, 0.4) is 0 Å². The van der Waals surface area contributed by atoms with Gasteiger partial charge < -0.3 is 14.6 Å². The van der Waals surface area contributed by atoms with E-state index in [0.29, 0.717) is 35.6 Å². The number of ether oxygens (including phenoxy) is 2. The molecule has 0 atom stereocenters. The summed E-state index contributed by atoms with van der Waals surface area (Å²) in [5, 5.41) is 9.91. The Morgan fingerprint density at radius 2 is 1.79 bits per heavy atom. The highest BCUT2D eigenvalue weighted by Gasteiger charge is 2.17. The molecule has 2 aromatic carbocycles. The third-order valence-electron chi connectivity index (χ3n) is 4.57. The molecule has 0 bridgehead atoms. The summed E-state index contributed by atoms with van der Waals surface area (Å²) in [5.41, 5.74) is 2.68. The summed E-state index contributed by atoms with van der Waals surface area (Å²) in [5.74, 6) is -0.394. The Kier molecular flexibility index (Phi) is 6.34. The van der Waals surface area contributed by atoms with Gasteiger partial charge in [-0.2, -0.15) is 0 Å². The molecule has 1 N–H and O–H groups in total. The number of fused-ring (bicyclic) bond motifs is 1. The molecule has 0 aliphatic rings. The fourth-order valence-electron chi connectivity index (χ4n) is 3.28. The second-order valence-corrected chi connectivity index (χ2v) is 7.14. The normalized spacial score (nSPS) is 11.2. The molecule has 0 saturated heterocycles. The summed E-state index contributed by atoms with van der Waals surface area (Å²) in [7, 11) is 0. The monoisotopic (exact) mass is 395 g/mol. The molecule has 0 spiro atoms. The van der Waals surface area contributed by atoms with Crippen LogP contribution in [0.4, 0.5) is 0 Å². The van der Waals surface area contributed by atoms with Gasteiger partial charge in [0.2, 0.25) is 0 Å². The predicted octanol–water partition coefficient (Wildman–Crippen LogP) is 4.07. The smallest absolute Gasteiger partial charge is 0.307 e. The highest BCUT2D eigenvalue weighted by atomic mass is 16.5. The number of hydrogen-bond donors (Lipinski definition) is 1. The van der Waals surface area contributed by atoms with Gasteiger partial charge in [-0.05, 0) is 62.7 Å². The first-order valence-electron chi connectivity index (χ1n) is 9.57. The van der Waals surface area contributed by atoms with E-state index >= 15 is 0 Å². The number of nitrogens with zero attached hydrogens (tertiary/aromatic N) is 1. The van der Waals surface area contributed by atoms with Gasteiger partial charge in [0.1, 0.15) is 12.4 Å². The van der Waals surface area contributed by atoms with E-state index in [-0.39, 0.29) is 18.4 Å². The summed E-state index contributed by atoms with van der Waals surface area (Å²) in [6, 6.07) is 14.2. The summed E-state index contributed by atoms with van der Waals surface area (Å²) in [6.45, 7) is 6.73. The number of carbonyl (C=O) groups excluding carboxylic acids is 1. The zero-order valence-corrected chi connectivity index (χ0v) is 16.8. The Bertz CT molecular complexity index is 1020. The van der Waals surface area contributed by atoms with Crippen molar-refractivity contribution < 1.29 is 24.2 Å². The maximum atomic E-state index is 13.1. The average molecular weight is 395 g/mol. The number of aryl methyl sites for hydroxylation is 1. The molecule has 0 unspecified atom stereocenters. The first kappa shape index (κ1) is 20.6. The van der Waals surface area contributed by atoms with E-state index in [1.165, 1.54) is 0 Å². The number of aliphatic carboxylic acids is 1. The van der Waals surface area contributed by atoms with Gasteiger partial charge in [-0.3, -0.25) is 14.2 Å². The van der Waals surface area contributed by atoms with Crippen molar-refractivity contribution in [3.05, 3.63) is 65.4 Å². The molecule has 1 aromatic heterocycles. The van der Waals surface area contributed by atoms with Crippen molar-refractivity contribution in [2.45, 2.75) is 33.3 Å². The Morgan fingerprint density at radius 3 is 2.45 bits per heavy atom. The molecule has 0 saturated carbocycles. The Morgan fingerprint density at radius 1 is 1.07 bits per heavy atom. The molecule has 0 amide bonds. The fraction of sp³-hybridized carbons (Fsp3) is 0.304. The maximum absolute atomic E-state index is 13.1. The quantitative estimate of drug-likeness (QED) is 0.582. The van der Waals surface area contributed by atoms with Crippen LogP contribution in [0.1, 0.15) is 35.5 Å². The van der Waals surface area contributed by atoms with Gasteiger partial charge in [0.15, 0.2) is 0 Å². The second-order valence-electron chi connectivity index (χ2n) is 7.14. The summed E-state index contributed by atoms with van der Waals surface area (Å²) in [4.78, 5) is 24.2. The molecule has 6 heteroatoms. The van der Waals surface area contributed by atoms with E-state index in [2.05, 4.69) is 0 Å². The van der Waals surface area contributed by atoms with Crippen LogP contribution >= 0.6 is 0 Å². The molecule has 6 nitrogen and oxygen atoms in total. The average Bonchev–Trinajstić information content (AvgIpc) is 3.01. The highest BCUT2D eigenvalue weighted by molar-refractivity contribution is 6.04. The maximum Gasteiger partial charge on any atom is 0.307 e. The first-order chi connectivity index (χ1) is 13.9. The minimum atomic E-state index is -0.899. The third kappa shape index (κ3) is 4.84. The van der Waals surface area contributed by atoms with Gasteiger partial charge in [0, 0.05) is 16.6 Å². The van der Waals surface area contributed by atoms with Crippen molar-refractivity contribution >= 4 is 22.8 Å². The number of benzene rings is 2. The zero-order valence-electron chi connectivity index (χ0n) is 16.8. The summed E-state index contributed by atoms with van der Waals surface area (Å²) < 4.78 is 12.7. The van der Waals surface area contributed by atoms with Gasteiger partial charge in [0.25, 0.3) is 5.91 Å². The van der Waals surface area contributed by atoms with Crippen LogP contribution in [-0.4, -0.2) is 40.9 Å². The van der Waals surface area contributed by atoms with Crippen LogP contribution in [0.15, 0.2) is 48.5 Å².